The predicted molar refractivity (Wildman–Crippen MR) is 479 cm³/mol. The van der Waals surface area contributed by atoms with E-state index in [1.165, 1.54) is 85.8 Å². The first-order valence-corrected chi connectivity index (χ1v) is 44.7. The van der Waals surface area contributed by atoms with E-state index in [1.807, 2.05) is 48.0 Å². The van der Waals surface area contributed by atoms with Gasteiger partial charge in [-0.25, -0.2) is 148 Å². The molecule has 1 spiro atoms. The number of carbonyl (C=O) groups is 2. The van der Waals surface area contributed by atoms with Gasteiger partial charge in [-0.15, -0.1) is 0 Å². The van der Waals surface area contributed by atoms with Crippen LogP contribution in [0.25, 0.3) is 85.8 Å². The zero-order valence-corrected chi connectivity index (χ0v) is 74.3. The summed E-state index contributed by atoms with van der Waals surface area (Å²) in [7, 11) is 1.85. The average molecular weight is 1910 g/mol. The second kappa shape index (κ2) is 40.7. The molecule has 15 aromatic heterocycles. The number of imidazole rings is 5. The van der Waals surface area contributed by atoms with Gasteiger partial charge in [-0.1, -0.05) is 6.42 Å². The van der Waals surface area contributed by atoms with Gasteiger partial charge in [-0.3, -0.25) is 31.7 Å². The Kier molecular flexibility index (Phi) is 27.7. The van der Waals surface area contributed by atoms with Crippen LogP contribution in [0.4, 0.5) is 77.8 Å². The summed E-state index contributed by atoms with van der Waals surface area (Å²) >= 11 is 0. The third-order valence-electron chi connectivity index (χ3n) is 25.0. The average Bonchev–Trinajstić information content (AvgIpc) is 1.60. The number of nitrogens with zero attached hydrogens (tertiary/aromatic N) is 31. The van der Waals surface area contributed by atoms with Crippen molar-refractivity contribution >= 4 is 69.3 Å². The highest BCUT2D eigenvalue weighted by Crippen LogP contribution is 2.37. The van der Waals surface area contributed by atoms with E-state index in [0.29, 0.717) is 144 Å². The molecule has 5 N–H and O–H groups in total. The van der Waals surface area contributed by atoms with E-state index in [0.717, 1.165) is 120 Å². The zero-order valence-electron chi connectivity index (χ0n) is 74.3. The molecular formula is C89H93F10N33O6. The van der Waals surface area contributed by atoms with Crippen LogP contribution in [0.15, 0.2) is 154 Å². The molecule has 0 saturated carbocycles. The Labute approximate surface area is 778 Å². The van der Waals surface area contributed by atoms with Crippen LogP contribution in [0.3, 0.4) is 0 Å². The van der Waals surface area contributed by atoms with Crippen LogP contribution in [-0.2, 0) is 14.3 Å². The monoisotopic (exact) mass is 1910 g/mol. The number of ether oxygens (including phenoxy) is 2. The van der Waals surface area contributed by atoms with Crippen molar-refractivity contribution < 1.29 is 73.2 Å². The highest BCUT2D eigenvalue weighted by molar-refractivity contribution is 5.81. The normalized spacial score (nSPS) is 20.3. The third kappa shape index (κ3) is 21.0. The zero-order chi connectivity index (χ0) is 96.0. The minimum atomic E-state index is -2.69. The number of aliphatic hydroxyl groups is 2. The number of hydrogen-bond acceptors (Lipinski definition) is 32. The number of nitrogens with two attached hydrogens (primary N) is 1. The third-order valence-corrected chi connectivity index (χ3v) is 25.0. The number of aromatic nitrogens is 25. The van der Waals surface area contributed by atoms with Gasteiger partial charge >= 0.3 is 6.09 Å². The lowest BCUT2D eigenvalue weighted by molar-refractivity contribution is -0.122. The molecule has 2 bridgehead atoms. The van der Waals surface area contributed by atoms with Gasteiger partial charge in [-0.05, 0) is 108 Å². The molecule has 7 fully saturated rings. The number of aliphatic hydroxyl groups excluding tert-OH is 1. The maximum absolute atomic E-state index is 13.1. The lowest BCUT2D eigenvalue weighted by Crippen LogP contribution is -2.57. The van der Waals surface area contributed by atoms with E-state index >= 15 is 0 Å². The molecule has 138 heavy (non-hydrogen) atoms. The van der Waals surface area contributed by atoms with Crippen molar-refractivity contribution in [3.63, 3.8) is 0 Å². The first-order chi connectivity index (χ1) is 66.7. The van der Waals surface area contributed by atoms with Crippen LogP contribution in [0.1, 0.15) is 138 Å². The maximum atomic E-state index is 13.1. The van der Waals surface area contributed by atoms with E-state index in [-0.39, 0.29) is 59.3 Å². The molecule has 7 saturated heterocycles. The molecular weight excluding hydrogens is 1820 g/mol. The predicted octanol–water partition coefficient (Wildman–Crippen LogP) is 11.4. The molecule has 0 aliphatic carbocycles. The van der Waals surface area contributed by atoms with E-state index in [1.54, 1.807) is 66.2 Å². The lowest BCUT2D eigenvalue weighted by Gasteiger charge is -2.38. The van der Waals surface area contributed by atoms with Gasteiger partial charge in [0.25, 0.3) is 32.1 Å². The highest BCUT2D eigenvalue weighted by Gasteiger charge is 2.42. The van der Waals surface area contributed by atoms with E-state index in [2.05, 4.69) is 125 Å². The minimum absolute atomic E-state index is 0.158. The van der Waals surface area contributed by atoms with Crippen molar-refractivity contribution in [2.45, 2.75) is 139 Å². The van der Waals surface area contributed by atoms with Crippen molar-refractivity contribution in [3.05, 3.63) is 183 Å². The van der Waals surface area contributed by atoms with Gasteiger partial charge in [0.05, 0.1) is 86.3 Å². The summed E-state index contributed by atoms with van der Waals surface area (Å²) in [5.41, 5.74) is 7.56. The van der Waals surface area contributed by atoms with Crippen molar-refractivity contribution in [1.29, 1.82) is 0 Å². The largest absolute Gasteiger partial charge is 0.441 e. The van der Waals surface area contributed by atoms with E-state index < -0.39 is 55.3 Å². The number of alkyl halides is 10. The van der Waals surface area contributed by atoms with Crippen LogP contribution in [0.5, 0.6) is 0 Å². The Morgan fingerprint density at radius 1 is 0.413 bits per heavy atom. The number of alkyl carbamates (subject to hydrolysis) is 1. The van der Waals surface area contributed by atoms with Crippen LogP contribution in [0, 0.1) is 5.92 Å². The standard InChI is InChI=1S/C19H19F2N7O2.2C18H20F2N6O.C17H18F2N8O.C17H16F2N6O/c20-16(21)12-10-28-13(8-24-15(28)9-23-12)17-22-5-2-14(26-17)27-6-1-3-19(4-7-27)11-25-18(29)30-19;1-18(27)4-2-7-25(8-5-18)14-3-6-21-17(24-14)13-9-23-15-10-22-12(16(19)20)11-26(13)15;19-17(20)13-10-26-14(7-23-16(26)8-22-13)18-21-5-4-15(24-18)25-6-2-1-3-12(9-25)11-27;1-25-4-5-26(9-12(25)16(20)28)13-2-3-21-17(24-13)11-6-23-14-7-22-10(15(18)19)8-27(11)14;18-16(19)12-9-25-13(5-22-15(25)6-21-12)17-20-4-3-14(23-17)24-7-10-1-2-11(8-24)26-10/h2,5,8-10,16H,1,3-4,6-7,11H2,(H,25,29);3,6,9-11,16,27H,2,4-5,7-8H2,1H3;4-5,7-8,10,12,17,27H,1-3,6,9,11H2;2-3,6-8,12,15H,4-5,9H2,1H3,(H2,20,28);3-6,9-11,16H,1-2,7-8H2. The second-order valence-corrected chi connectivity index (χ2v) is 34.4. The summed E-state index contributed by atoms with van der Waals surface area (Å²) < 4.78 is 149. The van der Waals surface area contributed by atoms with Gasteiger partial charge in [-0.2, -0.15) is 0 Å². The van der Waals surface area contributed by atoms with Crippen LogP contribution >= 0.6 is 0 Å². The maximum Gasteiger partial charge on any atom is 0.407 e. The Morgan fingerprint density at radius 2 is 0.761 bits per heavy atom. The number of nitrogens with one attached hydrogen (secondary N) is 1. The number of amides is 2. The molecule has 22 heterocycles. The summed E-state index contributed by atoms with van der Waals surface area (Å²) in [6, 6.07) is 8.65. The molecule has 7 aliphatic rings. The number of primary amides is 1. The quantitative estimate of drug-likeness (QED) is 0.0615. The number of fused-ring (bicyclic) bond motifs is 7. The number of hydrogen-bond donors (Lipinski definition) is 4. The fraction of sp³-hybridized carbons (Fsp3) is 0.416. The molecule has 7 aliphatic heterocycles. The van der Waals surface area contributed by atoms with Gasteiger partial charge in [0, 0.05) is 147 Å². The second-order valence-electron chi connectivity index (χ2n) is 34.4. The summed E-state index contributed by atoms with van der Waals surface area (Å²) in [6.45, 7) is 10.4. The number of carbonyl (C=O) groups excluding carboxylic acids is 2. The van der Waals surface area contributed by atoms with Crippen LogP contribution in [0.2, 0.25) is 0 Å². The van der Waals surface area contributed by atoms with Crippen molar-refractivity contribution in [2.24, 2.45) is 11.7 Å². The number of anilines is 5. The van der Waals surface area contributed by atoms with Gasteiger partial charge in [0.15, 0.2) is 57.4 Å². The topological polar surface area (TPSA) is 430 Å². The first kappa shape index (κ1) is 93.8. The number of likely N-dealkylation sites (N-methyl/N-ethyl adjacent to an activating group) is 1. The van der Waals surface area contributed by atoms with Crippen molar-refractivity contribution in [1.82, 2.24) is 132 Å². The molecule has 22 rings (SSSR count). The summed E-state index contributed by atoms with van der Waals surface area (Å²) in [5.74, 6) is 5.50. The minimum Gasteiger partial charge on any atom is -0.441 e. The van der Waals surface area contributed by atoms with E-state index in [4.69, 9.17) is 15.2 Å². The molecule has 0 radical (unpaired) electrons. The molecule has 720 valence electrons. The van der Waals surface area contributed by atoms with Gasteiger partial charge < -0.3 is 55.2 Å². The molecule has 39 nitrogen and oxygen atoms in total. The smallest absolute Gasteiger partial charge is 0.407 e. The highest BCUT2D eigenvalue weighted by atomic mass is 19.3. The van der Waals surface area contributed by atoms with Gasteiger partial charge in [0.2, 0.25) is 5.91 Å². The summed E-state index contributed by atoms with van der Waals surface area (Å²) in [6.07, 6.45) is 25.5. The van der Waals surface area contributed by atoms with E-state index in [9.17, 15) is 63.7 Å². The SMILES string of the molecule is CC1(O)CCCN(c2ccnc(-c3cnc4cnc(C(F)F)cn34)n2)CC1.CN1CCN(c2ccnc(-c3cnc4cnc(C(F)F)cn34)n2)CC1C(N)=O.FC(F)c1cn2c(-c3nccc(N4CC5CCC(C4)O5)n3)cnc2cn1.O=C1NCC2(CCCN(c3ccnc(-c4cnc5cnc(C(F)F)cn45)n3)CC2)O1.OCC1CCCCN(c2ccnc(-c3cnc4cnc(C(F)F)cn34)n2)C1. The first-order valence-electron chi connectivity index (χ1n) is 44.7. The van der Waals surface area contributed by atoms with Gasteiger partial charge in [0.1, 0.15) is 97.7 Å². The van der Waals surface area contributed by atoms with Crippen LogP contribution < -0.4 is 35.6 Å². The molecule has 6 atom stereocenters. The molecule has 6 unspecified atom stereocenters. The van der Waals surface area contributed by atoms with Crippen molar-refractivity contribution in [2.75, 3.05) is 117 Å². The number of rotatable bonds is 17. The molecule has 0 aromatic carbocycles. The lowest BCUT2D eigenvalue weighted by atomic mass is 9.95. The fourth-order valence-electron chi connectivity index (χ4n) is 17.6. The fourth-order valence-corrected chi connectivity index (χ4v) is 17.6. The number of morpholine rings is 1. The molecule has 15 aromatic rings. The number of piperazine rings is 1. The Balaban J connectivity index is 0.000000115. The van der Waals surface area contributed by atoms with Crippen molar-refractivity contribution in [3.8, 4) is 57.6 Å². The Morgan fingerprint density at radius 3 is 1.12 bits per heavy atom. The van der Waals surface area contributed by atoms with Crippen LogP contribution in [-0.4, -0.2) is 270 Å². The summed E-state index contributed by atoms with van der Waals surface area (Å²) in [5, 5.41) is 22.6. The molecule has 2 amide bonds. The summed E-state index contributed by atoms with van der Waals surface area (Å²) in [4.78, 5) is 120. The Bertz CT molecular complexity index is 6820. The Hall–Kier alpha value is -14.6. The number of halogens is 10. The molecule has 49 heteroatoms.